The average molecular weight is 306 g/mol. The van der Waals surface area contributed by atoms with Crippen molar-refractivity contribution in [2.24, 2.45) is 5.92 Å². The van der Waals surface area contributed by atoms with E-state index in [4.69, 9.17) is 4.74 Å². The second kappa shape index (κ2) is 6.88. The Morgan fingerprint density at radius 1 is 1.14 bits per heavy atom. The molecule has 0 unspecified atom stereocenters. The molecular formula is C20H34O2. The van der Waals surface area contributed by atoms with Crippen molar-refractivity contribution in [2.45, 2.75) is 96.9 Å². The van der Waals surface area contributed by atoms with Gasteiger partial charge in [-0.2, -0.15) is 0 Å². The fourth-order valence-corrected chi connectivity index (χ4v) is 3.55. The summed E-state index contributed by atoms with van der Waals surface area (Å²) >= 11 is 0. The van der Waals surface area contributed by atoms with Crippen LogP contribution in [0.2, 0.25) is 0 Å². The van der Waals surface area contributed by atoms with Crippen LogP contribution in [0.3, 0.4) is 0 Å². The summed E-state index contributed by atoms with van der Waals surface area (Å²) in [6.45, 7) is 10.6. The van der Waals surface area contributed by atoms with Crippen LogP contribution < -0.4 is 0 Å². The zero-order valence-corrected chi connectivity index (χ0v) is 15.1. The first-order valence-corrected chi connectivity index (χ1v) is 8.92. The van der Waals surface area contributed by atoms with Crippen molar-refractivity contribution in [2.75, 3.05) is 0 Å². The Hall–Kier alpha value is -0.600. The number of hydrogen-bond acceptors (Lipinski definition) is 2. The molecule has 0 radical (unpaired) electrons. The smallest absolute Gasteiger partial charge is 0.0923 e. The third-order valence-corrected chi connectivity index (χ3v) is 5.61. The van der Waals surface area contributed by atoms with E-state index < -0.39 is 5.60 Å². The summed E-state index contributed by atoms with van der Waals surface area (Å²) in [4.78, 5) is 0. The van der Waals surface area contributed by atoms with Gasteiger partial charge in [0, 0.05) is 0 Å². The molecule has 1 saturated heterocycles. The van der Waals surface area contributed by atoms with Gasteiger partial charge in [-0.3, -0.25) is 0 Å². The molecule has 1 fully saturated rings. The van der Waals surface area contributed by atoms with Crippen LogP contribution in [0.25, 0.3) is 0 Å². The van der Waals surface area contributed by atoms with E-state index in [1.807, 2.05) is 13.8 Å². The predicted octanol–water partition coefficient (Wildman–Crippen LogP) is 5.17. The summed E-state index contributed by atoms with van der Waals surface area (Å²) in [5.41, 5.74) is 2.41. The Morgan fingerprint density at radius 3 is 2.45 bits per heavy atom. The molecule has 0 saturated carbocycles. The van der Waals surface area contributed by atoms with Crippen molar-refractivity contribution in [1.82, 2.24) is 0 Å². The molecule has 126 valence electrons. The minimum atomic E-state index is -0.605. The number of rotatable bonds is 1. The molecule has 1 N–H and O–H groups in total. The van der Waals surface area contributed by atoms with Gasteiger partial charge in [0.15, 0.2) is 0 Å². The van der Waals surface area contributed by atoms with Crippen molar-refractivity contribution in [3.05, 3.63) is 23.3 Å². The van der Waals surface area contributed by atoms with E-state index in [0.717, 1.165) is 44.9 Å². The van der Waals surface area contributed by atoms with Gasteiger partial charge in [-0.05, 0) is 85.5 Å². The van der Waals surface area contributed by atoms with E-state index in [9.17, 15) is 5.11 Å². The lowest BCUT2D eigenvalue weighted by molar-refractivity contribution is 0.0145. The maximum absolute atomic E-state index is 10.4. The van der Waals surface area contributed by atoms with E-state index >= 15 is 0 Å². The zero-order chi connectivity index (χ0) is 16.4. The maximum Gasteiger partial charge on any atom is 0.0923 e. The number of epoxide rings is 1. The molecule has 1 aliphatic heterocycles. The third kappa shape index (κ3) is 4.96. The van der Waals surface area contributed by atoms with Gasteiger partial charge in [0.05, 0.1) is 17.3 Å². The molecule has 2 nitrogen and oxygen atoms in total. The Labute approximate surface area is 136 Å². The summed E-state index contributed by atoms with van der Waals surface area (Å²) in [5.74, 6) is 0.330. The Balaban J connectivity index is 2.06. The Kier molecular flexibility index (Phi) is 5.55. The summed E-state index contributed by atoms with van der Waals surface area (Å²) in [5, 5.41) is 10.4. The number of allylic oxidation sites excluding steroid dienone is 4. The van der Waals surface area contributed by atoms with Crippen molar-refractivity contribution in [3.8, 4) is 0 Å². The first kappa shape index (κ1) is 17.7. The highest BCUT2D eigenvalue weighted by Gasteiger charge is 2.50. The molecule has 1 heterocycles. The second-order valence-corrected chi connectivity index (χ2v) is 8.22. The fourth-order valence-electron chi connectivity index (χ4n) is 3.55. The number of hydrogen-bond donors (Lipinski definition) is 1. The highest BCUT2D eigenvalue weighted by atomic mass is 16.6. The minimum Gasteiger partial charge on any atom is -0.390 e. The molecule has 0 bridgehead atoms. The molecule has 22 heavy (non-hydrogen) atoms. The van der Waals surface area contributed by atoms with E-state index in [0.29, 0.717) is 12.0 Å². The van der Waals surface area contributed by atoms with Crippen LogP contribution in [0.1, 0.15) is 79.6 Å². The van der Waals surface area contributed by atoms with Crippen molar-refractivity contribution < 1.29 is 9.84 Å². The van der Waals surface area contributed by atoms with Gasteiger partial charge in [-0.25, -0.2) is 0 Å². The standard InChI is InChI=1S/C20H34O2/c1-15-7-6-14-20(5)18(22-20)13-10-16(2)9-12-17(11-8-15)19(3,4)21/h7,9,17-18,21H,6,8,10-14H2,1-5H3/b15-7+,16-9+/t17-,18+,20+/m1/s1. The molecule has 0 spiro atoms. The third-order valence-electron chi connectivity index (χ3n) is 5.61. The van der Waals surface area contributed by atoms with E-state index in [1.165, 1.54) is 11.1 Å². The summed E-state index contributed by atoms with van der Waals surface area (Å²) in [7, 11) is 0. The summed E-state index contributed by atoms with van der Waals surface area (Å²) in [6, 6.07) is 0. The topological polar surface area (TPSA) is 32.8 Å². The molecule has 0 amide bonds. The molecule has 2 rings (SSSR count). The number of aliphatic hydroxyl groups is 1. The Bertz CT molecular complexity index is 441. The van der Waals surface area contributed by atoms with E-state index in [-0.39, 0.29) is 5.60 Å². The SMILES string of the molecule is C/C1=C\CC[C@]2(C)O[C@H]2CC/C(C)=C/C[C@H](C(C)(C)O)CC1. The maximum atomic E-state index is 10.4. The lowest BCUT2D eigenvalue weighted by atomic mass is 9.82. The lowest BCUT2D eigenvalue weighted by Gasteiger charge is -2.29. The van der Waals surface area contributed by atoms with Crippen molar-refractivity contribution >= 4 is 0 Å². The monoisotopic (exact) mass is 306 g/mol. The average Bonchev–Trinajstić information content (AvgIpc) is 3.04. The fraction of sp³-hybridized carbons (Fsp3) is 0.800. The first-order valence-electron chi connectivity index (χ1n) is 8.92. The normalized spacial score (nSPS) is 39.7. The van der Waals surface area contributed by atoms with Crippen molar-refractivity contribution in [1.29, 1.82) is 0 Å². The van der Waals surface area contributed by atoms with Gasteiger partial charge in [0.2, 0.25) is 0 Å². The van der Waals surface area contributed by atoms with Gasteiger partial charge in [0.25, 0.3) is 0 Å². The van der Waals surface area contributed by atoms with Crippen LogP contribution in [0.4, 0.5) is 0 Å². The molecule has 2 aliphatic rings. The second-order valence-electron chi connectivity index (χ2n) is 8.22. The molecule has 0 aromatic heterocycles. The van der Waals surface area contributed by atoms with E-state index in [2.05, 4.69) is 32.9 Å². The molecular weight excluding hydrogens is 272 g/mol. The lowest BCUT2D eigenvalue weighted by Crippen LogP contribution is -2.30. The van der Waals surface area contributed by atoms with Gasteiger partial charge < -0.3 is 9.84 Å². The number of ether oxygens (including phenoxy) is 1. The molecule has 1 aliphatic carbocycles. The molecule has 3 atom stereocenters. The highest BCUT2D eigenvalue weighted by molar-refractivity contribution is 5.08. The van der Waals surface area contributed by atoms with Crippen molar-refractivity contribution in [3.63, 3.8) is 0 Å². The summed E-state index contributed by atoms with van der Waals surface area (Å²) in [6.07, 6.45) is 12.8. The summed E-state index contributed by atoms with van der Waals surface area (Å²) < 4.78 is 5.94. The number of fused-ring (bicyclic) bond motifs is 1. The van der Waals surface area contributed by atoms with Gasteiger partial charge >= 0.3 is 0 Å². The van der Waals surface area contributed by atoms with Gasteiger partial charge in [-0.1, -0.05) is 23.3 Å². The van der Waals surface area contributed by atoms with Crippen LogP contribution in [-0.4, -0.2) is 22.4 Å². The van der Waals surface area contributed by atoms with Crippen LogP contribution in [0.15, 0.2) is 23.3 Å². The molecule has 2 heteroatoms. The molecule has 0 aromatic carbocycles. The van der Waals surface area contributed by atoms with E-state index in [1.54, 1.807) is 0 Å². The predicted molar refractivity (Wildman–Crippen MR) is 92.9 cm³/mol. The first-order chi connectivity index (χ1) is 10.2. The molecule has 0 aromatic rings. The van der Waals surface area contributed by atoms with Crippen LogP contribution in [0.5, 0.6) is 0 Å². The minimum absolute atomic E-state index is 0.122. The van der Waals surface area contributed by atoms with Crippen LogP contribution in [0, 0.1) is 5.92 Å². The van der Waals surface area contributed by atoms with Gasteiger partial charge in [0.1, 0.15) is 0 Å². The van der Waals surface area contributed by atoms with Crippen LogP contribution >= 0.6 is 0 Å². The zero-order valence-electron chi connectivity index (χ0n) is 15.1. The van der Waals surface area contributed by atoms with Crippen LogP contribution in [-0.2, 0) is 4.74 Å². The largest absolute Gasteiger partial charge is 0.390 e. The Morgan fingerprint density at radius 2 is 1.77 bits per heavy atom. The highest BCUT2D eigenvalue weighted by Crippen LogP contribution is 2.43. The van der Waals surface area contributed by atoms with Gasteiger partial charge in [-0.15, -0.1) is 0 Å². The quantitative estimate of drug-likeness (QED) is 0.535.